The van der Waals surface area contributed by atoms with Crippen molar-refractivity contribution in [3.63, 3.8) is 0 Å². The molecule has 0 fully saturated rings. The monoisotopic (exact) mass is 222 g/mol. The van der Waals surface area contributed by atoms with Crippen LogP contribution in [0.1, 0.15) is 45.2 Å². The summed E-state index contributed by atoms with van der Waals surface area (Å²) in [5, 5.41) is 0. The van der Waals surface area contributed by atoms with Crippen molar-refractivity contribution in [1.29, 1.82) is 0 Å². The quantitative estimate of drug-likeness (QED) is 0.645. The van der Waals surface area contributed by atoms with Crippen LogP contribution in [0.25, 0.3) is 0 Å². The molecule has 1 aliphatic rings. The highest BCUT2D eigenvalue weighted by atomic mass is 19.1. The fourth-order valence-corrected chi connectivity index (χ4v) is 2.17. The molecule has 1 nitrogen and oxygen atoms in total. The van der Waals surface area contributed by atoms with Gasteiger partial charge in [-0.1, -0.05) is 39.0 Å². The molecule has 0 aliphatic carbocycles. The van der Waals surface area contributed by atoms with Gasteiger partial charge in [0.05, 0.1) is 6.61 Å². The molecule has 0 radical (unpaired) electrons. The molecule has 1 atom stereocenters. The maximum absolute atomic E-state index is 14.4. The second-order valence-electron chi connectivity index (χ2n) is 5.73. The summed E-state index contributed by atoms with van der Waals surface area (Å²) < 4.78 is 20.0. The minimum absolute atomic E-state index is 0.0151. The number of fused-ring (bicyclic) bond motifs is 1. The van der Waals surface area contributed by atoms with E-state index in [-0.39, 0.29) is 5.41 Å². The number of para-hydroxylation sites is 1. The Balaban J connectivity index is 2.61. The van der Waals surface area contributed by atoms with Gasteiger partial charge in [-0.3, -0.25) is 0 Å². The van der Waals surface area contributed by atoms with Gasteiger partial charge in [0, 0.05) is 12.0 Å². The fourth-order valence-electron chi connectivity index (χ4n) is 2.17. The molecule has 2 heteroatoms. The number of ether oxygens (including phenoxy) is 1. The van der Waals surface area contributed by atoms with E-state index in [1.165, 1.54) is 0 Å². The van der Waals surface area contributed by atoms with E-state index in [0.29, 0.717) is 18.6 Å². The van der Waals surface area contributed by atoms with Crippen LogP contribution in [0.4, 0.5) is 4.39 Å². The summed E-state index contributed by atoms with van der Waals surface area (Å²) in [5.41, 5.74) is 0.521. The van der Waals surface area contributed by atoms with Crippen molar-refractivity contribution >= 4 is 0 Å². The number of hydrogen-bond acceptors (Lipinski definition) is 1. The Morgan fingerprint density at radius 1 is 1.31 bits per heavy atom. The van der Waals surface area contributed by atoms with Crippen molar-refractivity contribution in [2.24, 2.45) is 0 Å². The first-order valence-corrected chi connectivity index (χ1v) is 5.78. The van der Waals surface area contributed by atoms with E-state index in [9.17, 15) is 4.39 Å². The normalized spacial score (nSPS) is 24.8. The summed E-state index contributed by atoms with van der Waals surface area (Å²) in [4.78, 5) is 0. The van der Waals surface area contributed by atoms with Crippen LogP contribution in [-0.4, -0.2) is 6.61 Å². The van der Waals surface area contributed by atoms with Gasteiger partial charge in [0.1, 0.15) is 11.4 Å². The number of rotatable bonds is 0. The van der Waals surface area contributed by atoms with Crippen molar-refractivity contribution in [1.82, 2.24) is 0 Å². The molecule has 0 bridgehead atoms. The lowest BCUT2D eigenvalue weighted by Gasteiger charge is -2.33. The lowest BCUT2D eigenvalue weighted by Crippen LogP contribution is -2.27. The zero-order chi connectivity index (χ0) is 12.0. The molecule has 0 aromatic heterocycles. The summed E-state index contributed by atoms with van der Waals surface area (Å²) >= 11 is 0. The third-order valence-corrected chi connectivity index (χ3v) is 3.20. The zero-order valence-electron chi connectivity index (χ0n) is 10.4. The average Bonchev–Trinajstić information content (AvgIpc) is 2.15. The van der Waals surface area contributed by atoms with E-state index in [1.807, 2.05) is 18.2 Å². The molecule has 1 heterocycles. The van der Waals surface area contributed by atoms with E-state index in [2.05, 4.69) is 20.8 Å². The van der Waals surface area contributed by atoms with E-state index < -0.39 is 5.67 Å². The Morgan fingerprint density at radius 3 is 2.62 bits per heavy atom. The van der Waals surface area contributed by atoms with Gasteiger partial charge in [0.25, 0.3) is 0 Å². The Hall–Kier alpha value is -1.05. The van der Waals surface area contributed by atoms with Crippen molar-refractivity contribution < 1.29 is 9.13 Å². The van der Waals surface area contributed by atoms with Crippen LogP contribution >= 0.6 is 0 Å². The highest BCUT2D eigenvalue weighted by molar-refractivity contribution is 5.48. The highest BCUT2D eigenvalue weighted by Crippen LogP contribution is 2.44. The van der Waals surface area contributed by atoms with Crippen LogP contribution in [0.2, 0.25) is 0 Å². The second kappa shape index (κ2) is 3.47. The third-order valence-electron chi connectivity index (χ3n) is 3.20. The number of benzene rings is 1. The molecule has 1 aliphatic heterocycles. The first-order chi connectivity index (χ1) is 7.32. The smallest absolute Gasteiger partial charge is 0.140 e. The Morgan fingerprint density at radius 2 is 2.00 bits per heavy atom. The fraction of sp³-hybridized carbons (Fsp3) is 0.571. The van der Waals surface area contributed by atoms with Crippen molar-refractivity contribution in [3.8, 4) is 5.75 Å². The van der Waals surface area contributed by atoms with E-state index >= 15 is 0 Å². The van der Waals surface area contributed by atoms with Gasteiger partial charge >= 0.3 is 0 Å². The lowest BCUT2D eigenvalue weighted by molar-refractivity contribution is 0.108. The molecule has 88 valence electrons. The van der Waals surface area contributed by atoms with Gasteiger partial charge < -0.3 is 4.74 Å². The summed E-state index contributed by atoms with van der Waals surface area (Å²) in [5.74, 6) is 0.756. The molecule has 0 spiro atoms. The van der Waals surface area contributed by atoms with E-state index in [4.69, 9.17) is 4.74 Å². The molecule has 2 rings (SSSR count). The molecular formula is C14H19FO. The van der Waals surface area contributed by atoms with Crippen LogP contribution < -0.4 is 4.74 Å². The van der Waals surface area contributed by atoms with E-state index in [1.54, 1.807) is 6.92 Å². The minimum atomic E-state index is -1.26. The summed E-state index contributed by atoms with van der Waals surface area (Å²) in [6.07, 6.45) is 0.438. The predicted molar refractivity (Wildman–Crippen MR) is 63.7 cm³/mol. The van der Waals surface area contributed by atoms with Gasteiger partial charge in [-0.2, -0.15) is 0 Å². The van der Waals surface area contributed by atoms with Gasteiger partial charge in [-0.25, -0.2) is 4.39 Å². The topological polar surface area (TPSA) is 9.23 Å². The maximum Gasteiger partial charge on any atom is 0.140 e. The maximum atomic E-state index is 14.4. The third kappa shape index (κ3) is 1.81. The molecule has 1 aromatic carbocycles. The molecule has 1 aromatic rings. The van der Waals surface area contributed by atoms with Crippen LogP contribution in [0.3, 0.4) is 0 Å². The Kier molecular flexibility index (Phi) is 2.48. The van der Waals surface area contributed by atoms with Gasteiger partial charge in [-0.05, 0) is 17.9 Å². The van der Waals surface area contributed by atoms with Crippen molar-refractivity contribution in [3.05, 3.63) is 29.3 Å². The van der Waals surface area contributed by atoms with Crippen LogP contribution in [0.15, 0.2) is 18.2 Å². The van der Waals surface area contributed by atoms with Gasteiger partial charge in [0.2, 0.25) is 0 Å². The van der Waals surface area contributed by atoms with Crippen LogP contribution in [-0.2, 0) is 11.1 Å². The second-order valence-corrected chi connectivity index (χ2v) is 5.73. The summed E-state index contributed by atoms with van der Waals surface area (Å²) in [6, 6.07) is 5.79. The van der Waals surface area contributed by atoms with Crippen LogP contribution in [0.5, 0.6) is 5.75 Å². The summed E-state index contributed by atoms with van der Waals surface area (Å²) in [6.45, 7) is 8.47. The lowest BCUT2D eigenvalue weighted by atomic mass is 9.81. The first kappa shape index (κ1) is 11.4. The largest absolute Gasteiger partial charge is 0.493 e. The van der Waals surface area contributed by atoms with Crippen molar-refractivity contribution in [2.45, 2.75) is 45.2 Å². The molecule has 0 saturated heterocycles. The SMILES string of the molecule is CC(C)(C)c1cccc2c1OCCC2(C)F. The standard InChI is InChI=1S/C14H19FO/c1-13(2,3)10-6-5-7-11-12(10)16-9-8-14(11,4)15/h5-7H,8-9H2,1-4H3. The molecule has 0 N–H and O–H groups in total. The minimum Gasteiger partial charge on any atom is -0.493 e. The summed E-state index contributed by atoms with van der Waals surface area (Å²) in [7, 11) is 0. The Labute approximate surface area is 96.6 Å². The zero-order valence-corrected chi connectivity index (χ0v) is 10.4. The molecule has 1 unspecified atom stereocenters. The first-order valence-electron chi connectivity index (χ1n) is 5.78. The van der Waals surface area contributed by atoms with Gasteiger partial charge in [0.15, 0.2) is 0 Å². The number of halogens is 1. The van der Waals surface area contributed by atoms with E-state index in [0.717, 1.165) is 11.3 Å². The predicted octanol–water partition coefficient (Wildman–Crippen LogP) is 3.95. The molecule has 0 amide bonds. The van der Waals surface area contributed by atoms with Crippen LogP contribution in [0, 0.1) is 0 Å². The number of alkyl halides is 1. The highest BCUT2D eigenvalue weighted by Gasteiger charge is 2.35. The average molecular weight is 222 g/mol. The van der Waals surface area contributed by atoms with Crippen molar-refractivity contribution in [2.75, 3.05) is 6.61 Å². The molecule has 16 heavy (non-hydrogen) atoms. The van der Waals surface area contributed by atoms with Gasteiger partial charge in [-0.15, -0.1) is 0 Å². The number of hydrogen-bond donors (Lipinski definition) is 0. The molecule has 0 saturated carbocycles. The molecular weight excluding hydrogens is 203 g/mol. The Bertz CT molecular complexity index is 387.